The van der Waals surface area contributed by atoms with E-state index in [4.69, 9.17) is 11.6 Å². The Kier molecular flexibility index (Phi) is 4.60. The molecule has 0 atom stereocenters. The maximum absolute atomic E-state index is 6.07. The Labute approximate surface area is 139 Å². The fraction of sp³-hybridized carbons (Fsp3) is 0.294. The lowest BCUT2D eigenvalue weighted by Gasteiger charge is -2.10. The van der Waals surface area contributed by atoms with E-state index in [0.717, 1.165) is 34.6 Å². The van der Waals surface area contributed by atoms with Crippen LogP contribution >= 0.6 is 22.9 Å². The van der Waals surface area contributed by atoms with E-state index in [2.05, 4.69) is 46.6 Å². The molecule has 5 heteroatoms. The number of rotatable bonds is 5. The minimum absolute atomic E-state index is 0.293. The second kappa shape index (κ2) is 6.63. The number of anilines is 1. The van der Waals surface area contributed by atoms with Gasteiger partial charge >= 0.3 is 0 Å². The molecule has 0 bridgehead atoms. The van der Waals surface area contributed by atoms with Gasteiger partial charge in [-0.1, -0.05) is 44.2 Å². The zero-order valence-electron chi connectivity index (χ0n) is 12.6. The average molecular weight is 332 g/mol. The molecule has 0 radical (unpaired) electrons. The van der Waals surface area contributed by atoms with Crippen LogP contribution in [-0.2, 0) is 0 Å². The summed E-state index contributed by atoms with van der Waals surface area (Å²) in [5, 5.41) is 6.90. The Balaban J connectivity index is 2.04. The second-order valence-electron chi connectivity index (χ2n) is 5.65. The van der Waals surface area contributed by atoms with Crippen LogP contribution in [0.3, 0.4) is 0 Å². The summed E-state index contributed by atoms with van der Waals surface area (Å²) in [5.41, 5.74) is 2.33. The van der Waals surface area contributed by atoms with Crippen molar-refractivity contribution in [1.29, 1.82) is 0 Å². The van der Waals surface area contributed by atoms with Crippen molar-refractivity contribution < 1.29 is 0 Å². The number of thiophene rings is 1. The third-order valence-electron chi connectivity index (χ3n) is 3.51. The second-order valence-corrected chi connectivity index (χ2v) is 6.84. The topological polar surface area (TPSA) is 37.8 Å². The van der Waals surface area contributed by atoms with Crippen LogP contribution in [0.2, 0.25) is 5.28 Å². The monoisotopic (exact) mass is 331 g/mol. The molecule has 2 heterocycles. The zero-order chi connectivity index (χ0) is 15.5. The molecule has 2 aromatic heterocycles. The molecular weight excluding hydrogens is 314 g/mol. The Hall–Kier alpha value is -1.65. The van der Waals surface area contributed by atoms with Crippen LogP contribution in [0.15, 0.2) is 35.7 Å². The van der Waals surface area contributed by atoms with E-state index in [1.165, 1.54) is 5.56 Å². The van der Waals surface area contributed by atoms with E-state index in [0.29, 0.717) is 11.2 Å². The summed E-state index contributed by atoms with van der Waals surface area (Å²) in [4.78, 5) is 9.69. The maximum atomic E-state index is 6.07. The van der Waals surface area contributed by atoms with Crippen molar-refractivity contribution in [3.8, 4) is 11.1 Å². The highest BCUT2D eigenvalue weighted by atomic mass is 35.5. The van der Waals surface area contributed by atoms with Gasteiger partial charge in [0, 0.05) is 17.5 Å². The molecule has 3 nitrogen and oxygen atoms in total. The minimum Gasteiger partial charge on any atom is -0.369 e. The number of fused-ring (bicyclic) bond motifs is 1. The van der Waals surface area contributed by atoms with Gasteiger partial charge in [-0.05, 0) is 29.5 Å². The van der Waals surface area contributed by atoms with Crippen molar-refractivity contribution in [2.24, 2.45) is 5.92 Å². The lowest BCUT2D eigenvalue weighted by molar-refractivity contribution is 0.607. The molecule has 0 aliphatic rings. The molecule has 3 rings (SSSR count). The van der Waals surface area contributed by atoms with Gasteiger partial charge in [0.25, 0.3) is 0 Å². The molecular formula is C17H18ClN3S. The summed E-state index contributed by atoms with van der Waals surface area (Å²) in [6.45, 7) is 5.30. The number of benzene rings is 1. The van der Waals surface area contributed by atoms with Crippen molar-refractivity contribution in [3.63, 3.8) is 0 Å². The van der Waals surface area contributed by atoms with Crippen LogP contribution in [0.1, 0.15) is 20.3 Å². The average Bonchev–Trinajstić information content (AvgIpc) is 2.91. The largest absolute Gasteiger partial charge is 0.369 e. The van der Waals surface area contributed by atoms with Gasteiger partial charge in [0.2, 0.25) is 5.28 Å². The van der Waals surface area contributed by atoms with Crippen molar-refractivity contribution in [2.45, 2.75) is 20.3 Å². The molecule has 114 valence electrons. The van der Waals surface area contributed by atoms with Gasteiger partial charge in [-0.2, -0.15) is 0 Å². The van der Waals surface area contributed by atoms with E-state index in [1.807, 2.05) is 18.2 Å². The molecule has 0 amide bonds. The highest BCUT2D eigenvalue weighted by molar-refractivity contribution is 7.17. The molecule has 1 N–H and O–H groups in total. The lowest BCUT2D eigenvalue weighted by Crippen LogP contribution is -2.07. The van der Waals surface area contributed by atoms with Gasteiger partial charge in [0.1, 0.15) is 10.6 Å². The van der Waals surface area contributed by atoms with Crippen LogP contribution in [-0.4, -0.2) is 16.5 Å². The van der Waals surface area contributed by atoms with Crippen LogP contribution < -0.4 is 5.32 Å². The molecule has 1 aromatic carbocycles. The van der Waals surface area contributed by atoms with Crippen molar-refractivity contribution in [3.05, 3.63) is 41.0 Å². The first kappa shape index (κ1) is 15.3. The fourth-order valence-corrected chi connectivity index (χ4v) is 3.52. The van der Waals surface area contributed by atoms with Gasteiger partial charge in [-0.15, -0.1) is 11.3 Å². The third kappa shape index (κ3) is 3.23. The van der Waals surface area contributed by atoms with E-state index in [9.17, 15) is 0 Å². The smallest absolute Gasteiger partial charge is 0.225 e. The minimum atomic E-state index is 0.293. The summed E-state index contributed by atoms with van der Waals surface area (Å²) in [7, 11) is 0. The van der Waals surface area contributed by atoms with Crippen molar-refractivity contribution in [1.82, 2.24) is 9.97 Å². The molecule has 0 saturated carbocycles. The Bertz CT molecular complexity index is 768. The highest BCUT2D eigenvalue weighted by Gasteiger charge is 2.14. The van der Waals surface area contributed by atoms with Gasteiger partial charge in [-0.25, -0.2) is 9.97 Å². The van der Waals surface area contributed by atoms with Crippen LogP contribution in [0.25, 0.3) is 21.3 Å². The zero-order valence-corrected chi connectivity index (χ0v) is 14.2. The van der Waals surface area contributed by atoms with Crippen LogP contribution in [0.5, 0.6) is 0 Å². The Morgan fingerprint density at radius 2 is 1.95 bits per heavy atom. The number of nitrogens with one attached hydrogen (secondary N) is 1. The fourth-order valence-electron chi connectivity index (χ4n) is 2.35. The maximum Gasteiger partial charge on any atom is 0.225 e. The SMILES string of the molecule is CC(C)CCNc1nc(Cl)nc2scc(-c3ccccc3)c12. The van der Waals surface area contributed by atoms with Gasteiger partial charge in [-0.3, -0.25) is 0 Å². The van der Waals surface area contributed by atoms with E-state index >= 15 is 0 Å². The molecule has 0 aliphatic carbocycles. The number of halogens is 1. The summed E-state index contributed by atoms with van der Waals surface area (Å²) < 4.78 is 0. The van der Waals surface area contributed by atoms with Crippen molar-refractivity contribution in [2.75, 3.05) is 11.9 Å². The summed E-state index contributed by atoms with van der Waals surface area (Å²) in [6, 6.07) is 10.3. The quantitative estimate of drug-likeness (QED) is 0.630. The Morgan fingerprint density at radius 1 is 1.18 bits per heavy atom. The van der Waals surface area contributed by atoms with Crippen molar-refractivity contribution >= 4 is 39.0 Å². The number of hydrogen-bond donors (Lipinski definition) is 1. The van der Waals surface area contributed by atoms with E-state index in [-0.39, 0.29) is 0 Å². The predicted molar refractivity (Wildman–Crippen MR) is 95.8 cm³/mol. The molecule has 0 saturated heterocycles. The summed E-state index contributed by atoms with van der Waals surface area (Å²) in [6.07, 6.45) is 1.09. The van der Waals surface area contributed by atoms with Crippen LogP contribution in [0.4, 0.5) is 5.82 Å². The summed E-state index contributed by atoms with van der Waals surface area (Å²) in [5.74, 6) is 1.48. The first-order valence-electron chi connectivity index (χ1n) is 7.39. The number of aromatic nitrogens is 2. The summed E-state index contributed by atoms with van der Waals surface area (Å²) >= 11 is 7.67. The number of hydrogen-bond acceptors (Lipinski definition) is 4. The van der Waals surface area contributed by atoms with Gasteiger partial charge in [0.05, 0.1) is 5.39 Å². The van der Waals surface area contributed by atoms with Gasteiger partial charge in [0.15, 0.2) is 0 Å². The molecule has 22 heavy (non-hydrogen) atoms. The number of nitrogens with zero attached hydrogens (tertiary/aromatic N) is 2. The molecule has 0 fully saturated rings. The standard InChI is InChI=1S/C17H18ClN3S/c1-11(2)8-9-19-15-14-13(12-6-4-3-5-7-12)10-22-16(14)21-17(18)20-15/h3-7,10-11H,8-9H2,1-2H3,(H,19,20,21). The molecule has 0 spiro atoms. The van der Waals surface area contributed by atoms with E-state index in [1.54, 1.807) is 11.3 Å². The van der Waals surface area contributed by atoms with Crippen LogP contribution in [0, 0.1) is 5.92 Å². The third-order valence-corrected chi connectivity index (χ3v) is 4.55. The predicted octanol–water partition coefficient (Wildman–Crippen LogP) is 5.47. The molecule has 3 aromatic rings. The highest BCUT2D eigenvalue weighted by Crippen LogP contribution is 2.37. The first-order chi connectivity index (χ1) is 10.6. The normalized spacial score (nSPS) is 11.3. The lowest BCUT2D eigenvalue weighted by atomic mass is 10.1. The molecule has 0 unspecified atom stereocenters. The Morgan fingerprint density at radius 3 is 2.68 bits per heavy atom. The molecule has 0 aliphatic heterocycles. The van der Waals surface area contributed by atoms with E-state index < -0.39 is 0 Å². The van der Waals surface area contributed by atoms with Gasteiger partial charge < -0.3 is 5.32 Å². The first-order valence-corrected chi connectivity index (χ1v) is 8.65.